The number of carbonyl (C=O) groups is 2. The third-order valence-corrected chi connectivity index (χ3v) is 5.31. The second-order valence-electron chi connectivity index (χ2n) is 7.36. The number of carboxylic acids is 1. The number of fused-ring (bicyclic) bond motifs is 1. The molecule has 0 aliphatic carbocycles. The molecule has 3 rings (SSSR count). The zero-order valence-corrected chi connectivity index (χ0v) is 16.9. The number of aromatic amines is 2. The molecule has 0 radical (unpaired) electrons. The maximum absolute atomic E-state index is 12.4. The van der Waals surface area contributed by atoms with Gasteiger partial charge in [0.05, 0.1) is 5.39 Å². The van der Waals surface area contributed by atoms with Crippen LogP contribution in [0, 0.1) is 5.92 Å². The van der Waals surface area contributed by atoms with Crippen LogP contribution in [0.15, 0.2) is 35.3 Å². The van der Waals surface area contributed by atoms with Crippen molar-refractivity contribution in [1.82, 2.24) is 20.3 Å². The zero-order chi connectivity index (χ0) is 21.8. The molecule has 6 N–H and O–H groups in total. The number of nitrogens with zero attached hydrogens (tertiary/aromatic N) is 1. The molecule has 2 heterocycles. The number of carbonyl (C=O) groups excluding carboxylic acids is 1. The Morgan fingerprint density at radius 2 is 1.93 bits per heavy atom. The van der Waals surface area contributed by atoms with Crippen molar-refractivity contribution in [2.45, 2.75) is 39.2 Å². The predicted molar refractivity (Wildman–Crippen MR) is 113 cm³/mol. The first-order valence-electron chi connectivity index (χ1n) is 9.78. The van der Waals surface area contributed by atoms with Crippen LogP contribution in [0.2, 0.25) is 0 Å². The standard InChI is InChI=1S/C21H25N5O4/c1-3-11(2)16(20(29)30)24-18(27)13-7-4-12(5-8-13)6-9-14-10-23-17-15(14)19(28)26-21(22)25-17/h4-5,7-8,10-11,16H,3,6,9H2,1-2H3,(H,24,27)(H,29,30)(H4,22,23,25,26,28)/t11-,16+/m1/s1. The Labute approximate surface area is 172 Å². The first-order valence-corrected chi connectivity index (χ1v) is 9.78. The lowest BCUT2D eigenvalue weighted by atomic mass is 9.98. The highest BCUT2D eigenvalue weighted by molar-refractivity contribution is 5.96. The minimum Gasteiger partial charge on any atom is -0.480 e. The third-order valence-electron chi connectivity index (χ3n) is 5.31. The van der Waals surface area contributed by atoms with Crippen molar-refractivity contribution in [1.29, 1.82) is 0 Å². The van der Waals surface area contributed by atoms with Crippen molar-refractivity contribution >= 4 is 28.9 Å². The van der Waals surface area contributed by atoms with E-state index >= 15 is 0 Å². The molecule has 1 amide bonds. The molecule has 9 nitrogen and oxygen atoms in total. The second-order valence-corrected chi connectivity index (χ2v) is 7.36. The Balaban J connectivity index is 1.67. The number of carboxylic acid groups (broad SMARTS) is 1. The molecular formula is C21H25N5O4. The van der Waals surface area contributed by atoms with E-state index in [1.165, 1.54) is 0 Å². The van der Waals surface area contributed by atoms with Crippen LogP contribution < -0.4 is 16.6 Å². The molecule has 0 spiro atoms. The van der Waals surface area contributed by atoms with E-state index in [4.69, 9.17) is 5.73 Å². The van der Waals surface area contributed by atoms with Gasteiger partial charge in [0, 0.05) is 11.8 Å². The topological polar surface area (TPSA) is 154 Å². The monoisotopic (exact) mass is 411 g/mol. The number of rotatable bonds is 8. The van der Waals surface area contributed by atoms with Gasteiger partial charge < -0.3 is 21.1 Å². The number of nitrogen functional groups attached to an aromatic ring is 1. The Bertz CT molecular complexity index is 1120. The van der Waals surface area contributed by atoms with Crippen LogP contribution in [0.3, 0.4) is 0 Å². The van der Waals surface area contributed by atoms with Gasteiger partial charge in [-0.2, -0.15) is 4.98 Å². The van der Waals surface area contributed by atoms with Crippen molar-refractivity contribution in [2.75, 3.05) is 5.73 Å². The maximum Gasteiger partial charge on any atom is 0.326 e. The van der Waals surface area contributed by atoms with Gasteiger partial charge in [0.15, 0.2) is 0 Å². The van der Waals surface area contributed by atoms with Crippen LogP contribution in [0.1, 0.15) is 41.8 Å². The van der Waals surface area contributed by atoms with E-state index in [9.17, 15) is 19.5 Å². The minimum atomic E-state index is -1.04. The Kier molecular flexibility index (Phi) is 6.20. The number of hydrogen-bond acceptors (Lipinski definition) is 5. The van der Waals surface area contributed by atoms with Gasteiger partial charge in [-0.15, -0.1) is 0 Å². The van der Waals surface area contributed by atoms with Crippen LogP contribution in [0.4, 0.5) is 5.95 Å². The normalized spacial score (nSPS) is 13.1. The Morgan fingerprint density at radius 3 is 2.57 bits per heavy atom. The van der Waals surface area contributed by atoms with E-state index in [1.54, 1.807) is 25.3 Å². The van der Waals surface area contributed by atoms with Crippen molar-refractivity contribution in [2.24, 2.45) is 5.92 Å². The number of aliphatic carboxylic acids is 1. The summed E-state index contributed by atoms with van der Waals surface area (Å²) >= 11 is 0. The van der Waals surface area contributed by atoms with Crippen LogP contribution >= 0.6 is 0 Å². The number of amides is 1. The highest BCUT2D eigenvalue weighted by Gasteiger charge is 2.25. The number of anilines is 1. The van der Waals surface area contributed by atoms with Crippen LogP contribution in [0.25, 0.3) is 11.0 Å². The van der Waals surface area contributed by atoms with Crippen LogP contribution in [-0.2, 0) is 17.6 Å². The lowest BCUT2D eigenvalue weighted by Crippen LogP contribution is -2.45. The van der Waals surface area contributed by atoms with E-state index in [0.29, 0.717) is 35.9 Å². The summed E-state index contributed by atoms with van der Waals surface area (Å²) < 4.78 is 0. The molecule has 0 saturated heterocycles. The van der Waals surface area contributed by atoms with Gasteiger partial charge in [-0.1, -0.05) is 32.4 Å². The van der Waals surface area contributed by atoms with Crippen molar-refractivity contribution in [3.05, 3.63) is 57.5 Å². The summed E-state index contributed by atoms with van der Waals surface area (Å²) in [5, 5.41) is 12.4. The highest BCUT2D eigenvalue weighted by atomic mass is 16.4. The Hall–Kier alpha value is -3.62. The average molecular weight is 411 g/mol. The van der Waals surface area contributed by atoms with Gasteiger partial charge in [0.25, 0.3) is 11.5 Å². The smallest absolute Gasteiger partial charge is 0.326 e. The SMILES string of the molecule is CC[C@@H](C)[C@H](NC(=O)c1ccc(CCc2c[nH]c3nc(N)[nH]c(=O)c23)cc1)C(=O)O. The zero-order valence-electron chi connectivity index (χ0n) is 16.9. The summed E-state index contributed by atoms with van der Waals surface area (Å²) in [5.74, 6) is -1.57. The molecule has 0 fully saturated rings. The van der Waals surface area contributed by atoms with Gasteiger partial charge in [0.2, 0.25) is 5.95 Å². The summed E-state index contributed by atoms with van der Waals surface area (Å²) in [4.78, 5) is 45.5. The summed E-state index contributed by atoms with van der Waals surface area (Å²) in [7, 11) is 0. The first-order chi connectivity index (χ1) is 14.3. The first kappa shape index (κ1) is 21.1. The summed E-state index contributed by atoms with van der Waals surface area (Å²) in [6.45, 7) is 3.68. The van der Waals surface area contributed by atoms with Crippen LogP contribution in [0.5, 0.6) is 0 Å². The number of hydrogen-bond donors (Lipinski definition) is 5. The van der Waals surface area contributed by atoms with Crippen LogP contribution in [-0.4, -0.2) is 38.0 Å². The van der Waals surface area contributed by atoms with Gasteiger partial charge in [-0.25, -0.2) is 4.79 Å². The predicted octanol–water partition coefficient (Wildman–Crippen LogP) is 1.85. The van der Waals surface area contributed by atoms with Gasteiger partial charge in [-0.05, 0) is 42.0 Å². The molecule has 0 unspecified atom stereocenters. The van der Waals surface area contributed by atoms with E-state index < -0.39 is 17.9 Å². The number of aromatic nitrogens is 3. The fourth-order valence-electron chi connectivity index (χ4n) is 3.33. The fourth-order valence-corrected chi connectivity index (χ4v) is 3.33. The molecule has 9 heteroatoms. The molecule has 2 atom stereocenters. The molecule has 0 aliphatic rings. The van der Waals surface area contributed by atoms with Crippen molar-refractivity contribution in [3.8, 4) is 0 Å². The quantitative estimate of drug-likeness (QED) is 0.381. The van der Waals surface area contributed by atoms with Gasteiger partial charge >= 0.3 is 5.97 Å². The van der Waals surface area contributed by atoms with E-state index in [-0.39, 0.29) is 17.4 Å². The summed E-state index contributed by atoms with van der Waals surface area (Å²) in [5.41, 5.74) is 7.94. The summed E-state index contributed by atoms with van der Waals surface area (Å²) in [6.07, 6.45) is 3.66. The largest absolute Gasteiger partial charge is 0.480 e. The van der Waals surface area contributed by atoms with Crippen molar-refractivity contribution in [3.63, 3.8) is 0 Å². The molecule has 158 valence electrons. The highest BCUT2D eigenvalue weighted by Crippen LogP contribution is 2.16. The molecular weight excluding hydrogens is 386 g/mol. The number of H-pyrrole nitrogens is 2. The maximum atomic E-state index is 12.4. The molecule has 0 aliphatic heterocycles. The molecule has 0 saturated carbocycles. The molecule has 0 bridgehead atoms. The van der Waals surface area contributed by atoms with E-state index in [1.807, 2.05) is 19.1 Å². The lowest BCUT2D eigenvalue weighted by molar-refractivity contribution is -0.140. The number of nitrogens with two attached hydrogens (primary N) is 1. The number of nitrogens with one attached hydrogen (secondary N) is 3. The molecule has 1 aromatic carbocycles. The fraction of sp³-hybridized carbons (Fsp3) is 0.333. The average Bonchev–Trinajstić information content (AvgIpc) is 3.13. The van der Waals surface area contributed by atoms with Gasteiger partial charge in [0.1, 0.15) is 11.7 Å². The summed E-state index contributed by atoms with van der Waals surface area (Å²) in [6, 6.07) is 6.06. The van der Waals surface area contributed by atoms with Gasteiger partial charge in [-0.3, -0.25) is 14.6 Å². The van der Waals surface area contributed by atoms with E-state index in [0.717, 1.165) is 11.1 Å². The number of aryl methyl sites for hydroxylation is 2. The van der Waals surface area contributed by atoms with Crippen molar-refractivity contribution < 1.29 is 14.7 Å². The molecule has 3 aromatic rings. The molecule has 30 heavy (non-hydrogen) atoms. The number of benzene rings is 1. The van der Waals surface area contributed by atoms with E-state index in [2.05, 4.69) is 20.3 Å². The molecule has 2 aromatic heterocycles. The second kappa shape index (κ2) is 8.81. The minimum absolute atomic E-state index is 0.0632. The third kappa shape index (κ3) is 4.51. The Morgan fingerprint density at radius 1 is 1.23 bits per heavy atom. The lowest BCUT2D eigenvalue weighted by Gasteiger charge is -2.20.